The number of hydrogen-bond acceptors (Lipinski definition) is 5. The Morgan fingerprint density at radius 2 is 1.96 bits per heavy atom. The molecule has 1 heterocycles. The molecule has 1 aliphatic rings. The summed E-state index contributed by atoms with van der Waals surface area (Å²) >= 11 is 0. The van der Waals surface area contributed by atoms with Crippen molar-refractivity contribution >= 4 is 17.6 Å². The van der Waals surface area contributed by atoms with Crippen LogP contribution in [0.5, 0.6) is 11.6 Å². The van der Waals surface area contributed by atoms with Gasteiger partial charge in [-0.15, -0.1) is 0 Å². The minimum absolute atomic E-state index is 0.0603. The molecule has 1 amide bonds. The highest BCUT2D eigenvalue weighted by Gasteiger charge is 2.20. The molecule has 7 nitrogen and oxygen atoms in total. The molecular weight excluding hydrogens is 348 g/mol. The zero-order valence-electron chi connectivity index (χ0n) is 15.3. The molecule has 1 aliphatic carbocycles. The van der Waals surface area contributed by atoms with Gasteiger partial charge in [0.1, 0.15) is 11.9 Å². The average molecular weight is 370 g/mol. The molecule has 142 valence electrons. The number of benzene rings is 1. The van der Waals surface area contributed by atoms with Crippen LogP contribution in [0, 0.1) is 0 Å². The van der Waals surface area contributed by atoms with Crippen molar-refractivity contribution in [2.75, 3.05) is 5.32 Å². The molecular formula is C20H22N2O5. The molecule has 1 saturated carbocycles. The molecule has 0 atom stereocenters. The van der Waals surface area contributed by atoms with Crippen molar-refractivity contribution in [2.24, 2.45) is 0 Å². The van der Waals surface area contributed by atoms with E-state index in [0.717, 1.165) is 19.3 Å². The Hall–Kier alpha value is -3.09. The van der Waals surface area contributed by atoms with Gasteiger partial charge in [-0.05, 0) is 57.4 Å². The highest BCUT2D eigenvalue weighted by molar-refractivity contribution is 6.05. The predicted octanol–water partition coefficient (Wildman–Crippen LogP) is 3.75. The van der Waals surface area contributed by atoms with Gasteiger partial charge in [0, 0.05) is 17.8 Å². The third kappa shape index (κ3) is 4.75. The van der Waals surface area contributed by atoms with Crippen molar-refractivity contribution in [1.29, 1.82) is 0 Å². The number of carboxylic acid groups (broad SMARTS) is 1. The molecule has 0 spiro atoms. The van der Waals surface area contributed by atoms with Gasteiger partial charge in [-0.3, -0.25) is 4.79 Å². The Morgan fingerprint density at radius 1 is 1.19 bits per heavy atom. The van der Waals surface area contributed by atoms with Crippen molar-refractivity contribution in [2.45, 2.75) is 45.3 Å². The lowest BCUT2D eigenvalue weighted by Gasteiger charge is -2.25. The quantitative estimate of drug-likeness (QED) is 0.770. The Bertz CT molecular complexity index is 846. The van der Waals surface area contributed by atoms with Gasteiger partial charge >= 0.3 is 5.97 Å². The van der Waals surface area contributed by atoms with Gasteiger partial charge in [0.05, 0.1) is 17.4 Å². The van der Waals surface area contributed by atoms with E-state index in [9.17, 15) is 14.7 Å². The third-order valence-corrected chi connectivity index (χ3v) is 4.17. The molecule has 27 heavy (non-hydrogen) atoms. The maximum atomic E-state index is 12.7. The van der Waals surface area contributed by atoms with Gasteiger partial charge in [-0.1, -0.05) is 0 Å². The number of carbonyl (C=O) groups is 2. The van der Waals surface area contributed by atoms with Gasteiger partial charge in [0.15, 0.2) is 0 Å². The van der Waals surface area contributed by atoms with Crippen LogP contribution >= 0.6 is 0 Å². The van der Waals surface area contributed by atoms with Crippen LogP contribution in [0.15, 0.2) is 36.5 Å². The number of aromatic nitrogens is 1. The molecule has 1 fully saturated rings. The number of hydrogen-bond donors (Lipinski definition) is 2. The lowest BCUT2D eigenvalue weighted by Crippen LogP contribution is -2.25. The number of carboxylic acids is 1. The minimum atomic E-state index is -1.08. The fraction of sp³-hybridized carbons (Fsp3) is 0.350. The lowest BCUT2D eigenvalue weighted by molar-refractivity contribution is 0.0696. The maximum absolute atomic E-state index is 12.7. The van der Waals surface area contributed by atoms with E-state index in [1.54, 1.807) is 12.1 Å². The maximum Gasteiger partial charge on any atom is 0.335 e. The summed E-state index contributed by atoms with van der Waals surface area (Å²) in [5.74, 6) is -0.665. The zero-order valence-corrected chi connectivity index (χ0v) is 15.3. The molecule has 0 aliphatic heterocycles. The monoisotopic (exact) mass is 370 g/mol. The first-order valence-electron chi connectivity index (χ1n) is 8.90. The van der Waals surface area contributed by atoms with Crippen molar-refractivity contribution < 1.29 is 24.2 Å². The largest absolute Gasteiger partial charge is 0.489 e. The number of rotatable bonds is 7. The second-order valence-corrected chi connectivity index (χ2v) is 6.69. The van der Waals surface area contributed by atoms with E-state index in [2.05, 4.69) is 10.3 Å². The van der Waals surface area contributed by atoms with Gasteiger partial charge in [0.25, 0.3) is 5.91 Å². The van der Waals surface area contributed by atoms with Gasteiger partial charge in [-0.25, -0.2) is 9.78 Å². The molecule has 7 heteroatoms. The summed E-state index contributed by atoms with van der Waals surface area (Å²) in [6.07, 6.45) is 4.69. The number of aromatic carboxylic acids is 1. The molecule has 0 saturated heterocycles. The summed E-state index contributed by atoms with van der Waals surface area (Å²) in [7, 11) is 0. The first kappa shape index (κ1) is 18.7. The second-order valence-electron chi connectivity index (χ2n) is 6.69. The van der Waals surface area contributed by atoms with E-state index in [0.29, 0.717) is 22.9 Å². The van der Waals surface area contributed by atoms with Crippen LogP contribution in [0.3, 0.4) is 0 Å². The summed E-state index contributed by atoms with van der Waals surface area (Å²) < 4.78 is 11.4. The summed E-state index contributed by atoms with van der Waals surface area (Å²) in [5.41, 5.74) is 0.729. The first-order chi connectivity index (χ1) is 12.9. The van der Waals surface area contributed by atoms with Gasteiger partial charge in [0.2, 0.25) is 5.88 Å². The topological polar surface area (TPSA) is 97.8 Å². The number of pyridine rings is 1. The molecule has 2 aromatic rings. The van der Waals surface area contributed by atoms with E-state index in [1.165, 1.54) is 24.4 Å². The molecule has 0 radical (unpaired) electrons. The first-order valence-corrected chi connectivity index (χ1v) is 8.90. The Kier molecular flexibility index (Phi) is 5.59. The van der Waals surface area contributed by atoms with Crippen molar-refractivity contribution in [3.8, 4) is 11.6 Å². The molecule has 1 aromatic heterocycles. The Labute approximate surface area is 157 Å². The fourth-order valence-corrected chi connectivity index (χ4v) is 2.59. The zero-order chi connectivity index (χ0) is 19.4. The number of ether oxygens (including phenoxy) is 2. The Morgan fingerprint density at radius 3 is 2.59 bits per heavy atom. The Balaban J connectivity index is 1.80. The number of anilines is 1. The molecule has 2 N–H and O–H groups in total. The third-order valence-electron chi connectivity index (χ3n) is 4.17. The average Bonchev–Trinajstić information content (AvgIpc) is 2.59. The molecule has 0 unspecified atom stereocenters. The highest BCUT2D eigenvalue weighted by atomic mass is 16.5. The number of amides is 1. The van der Waals surface area contributed by atoms with Gasteiger partial charge in [-0.2, -0.15) is 0 Å². The summed E-state index contributed by atoms with van der Waals surface area (Å²) in [6, 6.07) is 7.51. The van der Waals surface area contributed by atoms with Crippen LogP contribution in [0.25, 0.3) is 0 Å². The van der Waals surface area contributed by atoms with E-state index in [4.69, 9.17) is 9.47 Å². The lowest BCUT2D eigenvalue weighted by atomic mass is 9.96. The van der Waals surface area contributed by atoms with Crippen molar-refractivity contribution in [3.63, 3.8) is 0 Å². The normalized spacial score (nSPS) is 13.7. The number of nitrogens with zero attached hydrogens (tertiary/aromatic N) is 1. The summed E-state index contributed by atoms with van der Waals surface area (Å²) in [4.78, 5) is 28.0. The summed E-state index contributed by atoms with van der Waals surface area (Å²) in [6.45, 7) is 3.70. The number of nitrogens with one attached hydrogen (secondary N) is 1. The van der Waals surface area contributed by atoms with E-state index >= 15 is 0 Å². The summed E-state index contributed by atoms with van der Waals surface area (Å²) in [5, 5.41) is 11.9. The van der Waals surface area contributed by atoms with Gasteiger partial charge < -0.3 is 19.9 Å². The van der Waals surface area contributed by atoms with E-state index in [1.807, 2.05) is 13.8 Å². The minimum Gasteiger partial charge on any atom is -0.489 e. The standard InChI is InChI=1S/C20H22N2O5/c1-12(2)26-17-7-6-14(20(24)25)10-16(17)22-19(23)13-8-9-21-18(11-13)27-15-4-3-5-15/h6-12,15H,3-5H2,1-2H3,(H,22,23)(H,24,25). The SMILES string of the molecule is CC(C)Oc1ccc(C(=O)O)cc1NC(=O)c1ccnc(OC2CCC2)c1. The molecule has 0 bridgehead atoms. The van der Waals surface area contributed by atoms with E-state index in [-0.39, 0.29) is 17.8 Å². The fourth-order valence-electron chi connectivity index (χ4n) is 2.59. The highest BCUT2D eigenvalue weighted by Crippen LogP contribution is 2.28. The van der Waals surface area contributed by atoms with Crippen LogP contribution in [0.2, 0.25) is 0 Å². The smallest absolute Gasteiger partial charge is 0.335 e. The molecule has 3 rings (SSSR count). The van der Waals surface area contributed by atoms with Crippen molar-refractivity contribution in [3.05, 3.63) is 47.7 Å². The van der Waals surface area contributed by atoms with Crippen molar-refractivity contribution in [1.82, 2.24) is 4.98 Å². The van der Waals surface area contributed by atoms with Crippen LogP contribution < -0.4 is 14.8 Å². The second kappa shape index (κ2) is 8.07. The predicted molar refractivity (Wildman–Crippen MR) is 99.6 cm³/mol. The van der Waals surface area contributed by atoms with Crippen LogP contribution in [0.4, 0.5) is 5.69 Å². The van der Waals surface area contributed by atoms with Crippen LogP contribution in [-0.2, 0) is 0 Å². The number of carbonyl (C=O) groups excluding carboxylic acids is 1. The van der Waals surface area contributed by atoms with E-state index < -0.39 is 11.9 Å². The van der Waals surface area contributed by atoms with Crippen LogP contribution in [0.1, 0.15) is 53.8 Å². The van der Waals surface area contributed by atoms with Crippen LogP contribution in [-0.4, -0.2) is 34.2 Å². The molecule has 1 aromatic carbocycles.